The summed E-state index contributed by atoms with van der Waals surface area (Å²) in [5.41, 5.74) is -0.754. The van der Waals surface area contributed by atoms with Gasteiger partial charge in [0.2, 0.25) is 0 Å². The van der Waals surface area contributed by atoms with Crippen LogP contribution in [0.2, 0.25) is 0 Å². The van der Waals surface area contributed by atoms with Crippen molar-refractivity contribution < 1.29 is 42.5 Å². The van der Waals surface area contributed by atoms with Gasteiger partial charge < -0.3 is 19.4 Å². The number of nitrogens with zero attached hydrogens (tertiary/aromatic N) is 1. The molecule has 1 N–H and O–H groups in total. The number of aliphatic hydroxyl groups excluding tert-OH is 1. The molecule has 2 atom stereocenters. The maximum absolute atomic E-state index is 12.5. The molecule has 2 unspecified atom stereocenters. The zero-order chi connectivity index (χ0) is 28.4. The summed E-state index contributed by atoms with van der Waals surface area (Å²) in [6, 6.07) is 4.66. The van der Waals surface area contributed by atoms with Gasteiger partial charge >= 0.3 is 12.1 Å². The average Bonchev–Trinajstić information content (AvgIpc) is 3.38. The second-order valence-corrected chi connectivity index (χ2v) is 8.93. The molecule has 0 aliphatic heterocycles. The SMILES string of the molecule is CCC=CCCCC(=O)OCC(C)O[N+](=O)[O-].OC(/C=C/C1CCCC1)COc1cccc(C(F)(F)F)c1. The van der Waals surface area contributed by atoms with Crippen molar-refractivity contribution in [1.82, 2.24) is 0 Å². The van der Waals surface area contributed by atoms with Crippen molar-refractivity contribution in [2.24, 2.45) is 5.92 Å². The average molecular weight is 546 g/mol. The van der Waals surface area contributed by atoms with E-state index in [-0.39, 0.29) is 24.9 Å². The molecule has 38 heavy (non-hydrogen) atoms. The molecule has 11 heteroatoms. The Morgan fingerprint density at radius 2 is 1.95 bits per heavy atom. The fourth-order valence-electron chi connectivity index (χ4n) is 3.54. The minimum Gasteiger partial charge on any atom is -0.491 e. The van der Waals surface area contributed by atoms with Crippen LogP contribution in [0.1, 0.15) is 70.8 Å². The normalized spacial score (nSPS) is 15.6. The topological polar surface area (TPSA) is 108 Å². The Hall–Kier alpha value is -3.08. The van der Waals surface area contributed by atoms with Gasteiger partial charge in [0.05, 0.1) is 5.56 Å². The molecule has 2 rings (SSSR count). The predicted octanol–water partition coefficient (Wildman–Crippen LogP) is 6.45. The van der Waals surface area contributed by atoms with Crippen LogP contribution in [0.15, 0.2) is 48.6 Å². The number of alkyl halides is 3. The van der Waals surface area contributed by atoms with Gasteiger partial charge in [0.1, 0.15) is 31.2 Å². The van der Waals surface area contributed by atoms with Crippen LogP contribution in [0.4, 0.5) is 13.2 Å². The molecule has 1 fully saturated rings. The first kappa shape index (κ1) is 32.9. The van der Waals surface area contributed by atoms with Gasteiger partial charge in [-0.3, -0.25) is 4.79 Å². The summed E-state index contributed by atoms with van der Waals surface area (Å²) in [5, 5.41) is 18.8. The first-order valence-corrected chi connectivity index (χ1v) is 12.8. The monoisotopic (exact) mass is 545 g/mol. The molecular formula is C27H38F3NO7. The molecule has 1 aromatic rings. The molecule has 214 valence electrons. The van der Waals surface area contributed by atoms with E-state index in [4.69, 9.17) is 9.47 Å². The van der Waals surface area contributed by atoms with Crippen LogP contribution in [-0.2, 0) is 20.5 Å². The van der Waals surface area contributed by atoms with E-state index in [2.05, 4.69) is 4.84 Å². The van der Waals surface area contributed by atoms with Crippen LogP contribution in [0, 0.1) is 16.0 Å². The van der Waals surface area contributed by atoms with E-state index < -0.39 is 29.0 Å². The number of unbranched alkanes of at least 4 members (excludes halogenated alkanes) is 1. The number of allylic oxidation sites excluding steroid dienone is 3. The van der Waals surface area contributed by atoms with Crippen molar-refractivity contribution in [3.8, 4) is 5.75 Å². The first-order valence-electron chi connectivity index (χ1n) is 12.8. The molecule has 1 aliphatic rings. The number of benzene rings is 1. The number of carbonyl (C=O) groups excluding carboxylic acids is 1. The number of aliphatic hydroxyl groups is 1. The third-order valence-electron chi connectivity index (χ3n) is 5.49. The number of ether oxygens (including phenoxy) is 2. The van der Waals surface area contributed by atoms with Crippen LogP contribution < -0.4 is 4.74 Å². The van der Waals surface area contributed by atoms with Crippen molar-refractivity contribution in [3.05, 3.63) is 64.2 Å². The Labute approximate surface area is 221 Å². The molecule has 0 amide bonds. The molecule has 0 aromatic heterocycles. The molecule has 1 saturated carbocycles. The van der Waals surface area contributed by atoms with Crippen molar-refractivity contribution in [2.75, 3.05) is 13.2 Å². The highest BCUT2D eigenvalue weighted by molar-refractivity contribution is 5.69. The Bertz CT molecular complexity index is 884. The van der Waals surface area contributed by atoms with E-state index in [1.54, 1.807) is 6.08 Å². The summed E-state index contributed by atoms with van der Waals surface area (Å²) in [4.78, 5) is 25.3. The van der Waals surface area contributed by atoms with Gasteiger partial charge in [-0.1, -0.05) is 50.1 Å². The summed E-state index contributed by atoms with van der Waals surface area (Å²) >= 11 is 0. The molecule has 0 bridgehead atoms. The Morgan fingerprint density at radius 3 is 2.58 bits per heavy atom. The molecule has 0 heterocycles. The van der Waals surface area contributed by atoms with Crippen LogP contribution in [0.3, 0.4) is 0 Å². The first-order chi connectivity index (χ1) is 18.0. The second-order valence-electron chi connectivity index (χ2n) is 8.93. The zero-order valence-corrected chi connectivity index (χ0v) is 21.9. The van der Waals surface area contributed by atoms with Gasteiger partial charge in [-0.25, -0.2) is 0 Å². The molecule has 1 aliphatic carbocycles. The molecule has 8 nitrogen and oxygen atoms in total. The maximum atomic E-state index is 12.5. The Kier molecular flexibility index (Phi) is 15.8. The van der Waals surface area contributed by atoms with Gasteiger partial charge in [0.15, 0.2) is 0 Å². The molecule has 0 spiro atoms. The zero-order valence-electron chi connectivity index (χ0n) is 21.9. The largest absolute Gasteiger partial charge is 0.491 e. The van der Waals surface area contributed by atoms with Gasteiger partial charge in [-0.2, -0.15) is 13.2 Å². The van der Waals surface area contributed by atoms with Gasteiger partial charge in [0.25, 0.3) is 5.09 Å². The summed E-state index contributed by atoms with van der Waals surface area (Å²) < 4.78 is 47.7. The van der Waals surface area contributed by atoms with Gasteiger partial charge in [-0.05, 0) is 63.1 Å². The minimum atomic E-state index is -4.39. The van der Waals surface area contributed by atoms with E-state index in [9.17, 15) is 33.2 Å². The van der Waals surface area contributed by atoms with Crippen molar-refractivity contribution in [1.29, 1.82) is 0 Å². The lowest BCUT2D eigenvalue weighted by Gasteiger charge is -2.12. The number of carbonyl (C=O) groups is 1. The van der Waals surface area contributed by atoms with Crippen LogP contribution >= 0.6 is 0 Å². The van der Waals surface area contributed by atoms with E-state index in [0.29, 0.717) is 12.3 Å². The van der Waals surface area contributed by atoms with Crippen LogP contribution in [0.25, 0.3) is 0 Å². The summed E-state index contributed by atoms with van der Waals surface area (Å²) in [5.74, 6) is 0.264. The van der Waals surface area contributed by atoms with Crippen molar-refractivity contribution >= 4 is 5.97 Å². The Balaban J connectivity index is 0.000000391. The van der Waals surface area contributed by atoms with Crippen LogP contribution in [0.5, 0.6) is 5.75 Å². The third-order valence-corrected chi connectivity index (χ3v) is 5.49. The number of hydrogen-bond acceptors (Lipinski definition) is 7. The summed E-state index contributed by atoms with van der Waals surface area (Å²) in [6.45, 7) is 3.37. The van der Waals surface area contributed by atoms with E-state index in [0.717, 1.165) is 44.2 Å². The molecular weight excluding hydrogens is 507 g/mol. The fraction of sp³-hybridized carbons (Fsp3) is 0.593. The van der Waals surface area contributed by atoms with Crippen molar-refractivity contribution in [2.45, 2.75) is 83.6 Å². The number of rotatable bonds is 14. The lowest BCUT2D eigenvalue weighted by Crippen LogP contribution is -2.21. The lowest BCUT2D eigenvalue weighted by atomic mass is 10.1. The number of halogens is 3. The smallest absolute Gasteiger partial charge is 0.416 e. The number of esters is 1. The third kappa shape index (κ3) is 15.9. The van der Waals surface area contributed by atoms with E-state index in [1.807, 2.05) is 25.2 Å². The number of hydrogen-bond donors (Lipinski definition) is 1. The van der Waals surface area contributed by atoms with E-state index in [1.165, 1.54) is 31.9 Å². The molecule has 0 radical (unpaired) electrons. The highest BCUT2D eigenvalue weighted by Gasteiger charge is 2.30. The van der Waals surface area contributed by atoms with Gasteiger partial charge in [-0.15, -0.1) is 10.1 Å². The fourth-order valence-corrected chi connectivity index (χ4v) is 3.54. The second kappa shape index (κ2) is 18.2. The highest BCUT2D eigenvalue weighted by atomic mass is 19.4. The highest BCUT2D eigenvalue weighted by Crippen LogP contribution is 2.31. The Morgan fingerprint density at radius 1 is 1.24 bits per heavy atom. The summed E-state index contributed by atoms with van der Waals surface area (Å²) in [6.07, 6.45) is 9.35. The quantitative estimate of drug-likeness (QED) is 0.0940. The summed E-state index contributed by atoms with van der Waals surface area (Å²) in [7, 11) is 0. The minimum absolute atomic E-state index is 0.0511. The predicted molar refractivity (Wildman–Crippen MR) is 136 cm³/mol. The maximum Gasteiger partial charge on any atom is 0.416 e. The van der Waals surface area contributed by atoms with Crippen LogP contribution in [-0.4, -0.2) is 41.6 Å². The van der Waals surface area contributed by atoms with Crippen molar-refractivity contribution in [3.63, 3.8) is 0 Å². The van der Waals surface area contributed by atoms with Gasteiger partial charge in [0, 0.05) is 6.42 Å². The van der Waals surface area contributed by atoms with E-state index >= 15 is 0 Å². The molecule has 0 saturated heterocycles. The molecule has 1 aromatic carbocycles. The lowest BCUT2D eigenvalue weighted by molar-refractivity contribution is -0.767. The standard InChI is InChI=1S/C16H19F3O2.C11H19NO5/c17-16(18,19)13-6-3-7-15(10-13)21-11-14(20)9-8-12-4-1-2-5-12;1-3-4-5-6-7-8-11(13)16-9-10(2)17-12(14)15/h3,6-10,12,14,20H,1-2,4-5,11H2;4-5,10H,3,6-9H2,1-2H3/b9-8+;.